The van der Waals surface area contributed by atoms with Gasteiger partial charge in [-0.3, -0.25) is 4.68 Å². The number of rotatable bonds is 4. The summed E-state index contributed by atoms with van der Waals surface area (Å²) in [6.07, 6.45) is 1.90. The van der Waals surface area contributed by atoms with Crippen molar-refractivity contribution in [1.82, 2.24) is 20.1 Å². The molecule has 0 saturated carbocycles. The molecular formula is C14H15ClN4S. The Labute approximate surface area is 126 Å². The molecule has 0 saturated heterocycles. The average molecular weight is 307 g/mol. The first-order valence-electron chi connectivity index (χ1n) is 6.36. The molecule has 0 bridgehead atoms. The molecule has 0 spiro atoms. The van der Waals surface area contributed by atoms with E-state index in [1.807, 2.05) is 37.0 Å². The molecule has 0 radical (unpaired) electrons. The fraction of sp³-hybridized carbons (Fsp3) is 0.286. The van der Waals surface area contributed by atoms with Crippen LogP contribution in [-0.2, 0) is 20.1 Å². The summed E-state index contributed by atoms with van der Waals surface area (Å²) in [6.45, 7) is 3.61. The molecule has 1 N–H and O–H groups in total. The number of thiophene rings is 1. The molecule has 3 aromatic heterocycles. The lowest BCUT2D eigenvalue weighted by atomic mass is 10.2. The molecule has 0 aromatic carbocycles. The number of hydrogen-bond donors (Lipinski definition) is 1. The van der Waals surface area contributed by atoms with Gasteiger partial charge in [-0.2, -0.15) is 5.10 Å². The molecule has 0 aliphatic carbocycles. The fourth-order valence-electron chi connectivity index (χ4n) is 2.22. The maximum atomic E-state index is 5.91. The largest absolute Gasteiger partial charge is 0.308 e. The average Bonchev–Trinajstić information content (AvgIpc) is 2.95. The zero-order valence-electron chi connectivity index (χ0n) is 11.4. The number of aryl methyl sites for hydroxylation is 2. The second-order valence-corrected chi connectivity index (χ2v) is 6.53. The van der Waals surface area contributed by atoms with Gasteiger partial charge in [0, 0.05) is 36.6 Å². The minimum absolute atomic E-state index is 0.785. The van der Waals surface area contributed by atoms with E-state index in [0.717, 1.165) is 39.7 Å². The Balaban J connectivity index is 1.70. The van der Waals surface area contributed by atoms with Gasteiger partial charge in [0.2, 0.25) is 0 Å². The quantitative estimate of drug-likeness (QED) is 0.804. The van der Waals surface area contributed by atoms with Crippen LogP contribution >= 0.6 is 22.9 Å². The van der Waals surface area contributed by atoms with Crippen molar-refractivity contribution in [2.24, 2.45) is 7.05 Å². The highest BCUT2D eigenvalue weighted by Gasteiger charge is 2.07. The predicted molar refractivity (Wildman–Crippen MR) is 83.1 cm³/mol. The van der Waals surface area contributed by atoms with E-state index >= 15 is 0 Å². The van der Waals surface area contributed by atoms with Gasteiger partial charge in [0.1, 0.15) is 0 Å². The van der Waals surface area contributed by atoms with Gasteiger partial charge in [0.15, 0.2) is 5.65 Å². The first-order chi connectivity index (χ1) is 9.63. The van der Waals surface area contributed by atoms with Crippen LogP contribution in [0.1, 0.15) is 16.1 Å². The van der Waals surface area contributed by atoms with E-state index in [2.05, 4.69) is 21.5 Å². The zero-order chi connectivity index (χ0) is 14.1. The molecule has 0 aliphatic heterocycles. The van der Waals surface area contributed by atoms with Crippen LogP contribution in [0.3, 0.4) is 0 Å². The van der Waals surface area contributed by atoms with Crippen LogP contribution in [0, 0.1) is 6.92 Å². The van der Waals surface area contributed by atoms with Gasteiger partial charge in [-0.1, -0.05) is 11.6 Å². The van der Waals surface area contributed by atoms with Gasteiger partial charge in [0.25, 0.3) is 0 Å². The van der Waals surface area contributed by atoms with Gasteiger partial charge in [-0.15, -0.1) is 11.3 Å². The molecule has 0 aliphatic rings. The minimum atomic E-state index is 0.785. The van der Waals surface area contributed by atoms with E-state index in [0.29, 0.717) is 0 Å². The van der Waals surface area contributed by atoms with Crippen molar-refractivity contribution in [2.45, 2.75) is 20.0 Å². The lowest BCUT2D eigenvalue weighted by molar-refractivity contribution is 0.699. The monoisotopic (exact) mass is 306 g/mol. The molecule has 20 heavy (non-hydrogen) atoms. The van der Waals surface area contributed by atoms with Gasteiger partial charge >= 0.3 is 0 Å². The molecule has 0 fully saturated rings. The Hall–Kier alpha value is -1.43. The van der Waals surface area contributed by atoms with Crippen molar-refractivity contribution < 1.29 is 0 Å². The number of nitrogens with one attached hydrogen (secondary N) is 1. The van der Waals surface area contributed by atoms with Gasteiger partial charge < -0.3 is 5.32 Å². The maximum absolute atomic E-state index is 5.91. The van der Waals surface area contributed by atoms with Crippen LogP contribution in [0.2, 0.25) is 4.34 Å². The Morgan fingerprint density at radius 2 is 2.20 bits per heavy atom. The summed E-state index contributed by atoms with van der Waals surface area (Å²) < 4.78 is 2.64. The first kappa shape index (κ1) is 13.5. The fourth-order valence-corrected chi connectivity index (χ4v) is 3.28. The first-order valence-corrected chi connectivity index (χ1v) is 7.56. The molecule has 3 heterocycles. The van der Waals surface area contributed by atoms with Crippen molar-refractivity contribution in [3.8, 4) is 0 Å². The molecule has 6 heteroatoms. The smallest absolute Gasteiger partial charge is 0.157 e. The van der Waals surface area contributed by atoms with Crippen LogP contribution in [-0.4, -0.2) is 14.8 Å². The third kappa shape index (κ3) is 2.70. The molecule has 4 nitrogen and oxygen atoms in total. The third-order valence-corrected chi connectivity index (χ3v) is 4.41. The van der Waals surface area contributed by atoms with Gasteiger partial charge in [-0.25, -0.2) is 4.98 Å². The van der Waals surface area contributed by atoms with Crippen molar-refractivity contribution in [3.05, 3.63) is 44.9 Å². The number of nitrogens with zero attached hydrogens (tertiary/aromatic N) is 3. The zero-order valence-corrected chi connectivity index (χ0v) is 12.9. The summed E-state index contributed by atoms with van der Waals surface area (Å²) in [5.41, 5.74) is 3.11. The maximum Gasteiger partial charge on any atom is 0.157 e. The van der Waals surface area contributed by atoms with Crippen LogP contribution in [0.4, 0.5) is 0 Å². The van der Waals surface area contributed by atoms with Crippen molar-refractivity contribution in [3.63, 3.8) is 0 Å². The summed E-state index contributed by atoms with van der Waals surface area (Å²) in [4.78, 5) is 5.71. The third-order valence-electron chi connectivity index (χ3n) is 3.18. The number of pyridine rings is 1. The predicted octanol–water partition coefficient (Wildman–Crippen LogP) is 3.28. The lowest BCUT2D eigenvalue weighted by Gasteiger charge is -2.03. The van der Waals surface area contributed by atoms with E-state index < -0.39 is 0 Å². The van der Waals surface area contributed by atoms with Crippen LogP contribution in [0.15, 0.2) is 24.4 Å². The summed E-state index contributed by atoms with van der Waals surface area (Å²) in [5.74, 6) is 0. The molecule has 0 unspecified atom stereocenters. The molecule has 3 rings (SSSR count). The lowest BCUT2D eigenvalue weighted by Crippen LogP contribution is -2.11. The SMILES string of the molecule is Cc1nn(C)c2ncc(CNCc3ccc(Cl)s3)cc12. The van der Waals surface area contributed by atoms with Crippen LogP contribution in [0.5, 0.6) is 0 Å². The van der Waals surface area contributed by atoms with Gasteiger partial charge in [0.05, 0.1) is 10.0 Å². The van der Waals surface area contributed by atoms with Crippen molar-refractivity contribution in [1.29, 1.82) is 0 Å². The Morgan fingerprint density at radius 3 is 2.95 bits per heavy atom. The normalized spacial score (nSPS) is 11.3. The van der Waals surface area contributed by atoms with E-state index in [1.54, 1.807) is 11.3 Å². The van der Waals surface area contributed by atoms with Crippen molar-refractivity contribution in [2.75, 3.05) is 0 Å². The highest BCUT2D eigenvalue weighted by Crippen LogP contribution is 2.21. The molecule has 3 aromatic rings. The summed E-state index contributed by atoms with van der Waals surface area (Å²) in [5, 5.41) is 8.91. The van der Waals surface area contributed by atoms with Crippen molar-refractivity contribution >= 4 is 34.0 Å². The standard InChI is InChI=1S/C14H15ClN4S/c1-9-12-5-10(7-17-14(12)19(2)18-9)6-16-8-11-3-4-13(15)20-11/h3-5,7,16H,6,8H2,1-2H3. The van der Waals surface area contributed by atoms with Gasteiger partial charge in [-0.05, 0) is 30.7 Å². The Morgan fingerprint density at radius 1 is 1.35 bits per heavy atom. The highest BCUT2D eigenvalue weighted by molar-refractivity contribution is 7.16. The second kappa shape index (κ2) is 5.52. The summed E-state index contributed by atoms with van der Waals surface area (Å²) in [6, 6.07) is 6.13. The topological polar surface area (TPSA) is 42.7 Å². The number of halogens is 1. The minimum Gasteiger partial charge on any atom is -0.308 e. The van der Waals surface area contributed by atoms with E-state index in [9.17, 15) is 0 Å². The molecule has 0 atom stereocenters. The van der Waals surface area contributed by atoms with Crippen LogP contribution in [0.25, 0.3) is 11.0 Å². The highest BCUT2D eigenvalue weighted by atomic mass is 35.5. The molecule has 104 valence electrons. The van der Waals surface area contributed by atoms with E-state index in [1.165, 1.54) is 4.88 Å². The number of aromatic nitrogens is 3. The number of hydrogen-bond acceptors (Lipinski definition) is 4. The summed E-state index contributed by atoms with van der Waals surface area (Å²) >= 11 is 7.52. The Bertz CT molecular complexity index is 747. The van der Waals surface area contributed by atoms with Crippen LogP contribution < -0.4 is 5.32 Å². The summed E-state index contributed by atoms with van der Waals surface area (Å²) in [7, 11) is 1.92. The number of fused-ring (bicyclic) bond motifs is 1. The van der Waals surface area contributed by atoms with E-state index in [4.69, 9.17) is 11.6 Å². The second-order valence-electron chi connectivity index (χ2n) is 4.73. The van der Waals surface area contributed by atoms with E-state index in [-0.39, 0.29) is 0 Å². The molecule has 0 amide bonds. The Kier molecular flexibility index (Phi) is 3.74. The molecular weight excluding hydrogens is 292 g/mol.